The smallest absolute Gasteiger partial charge is 0.271 e. The molecule has 2 N–H and O–H groups in total. The van der Waals surface area contributed by atoms with Crippen molar-refractivity contribution in [1.82, 2.24) is 5.43 Å². The molecule has 0 saturated carbocycles. The molecule has 0 atom stereocenters. The summed E-state index contributed by atoms with van der Waals surface area (Å²) in [7, 11) is 0. The minimum absolute atomic E-state index is 0.0982. The van der Waals surface area contributed by atoms with Gasteiger partial charge in [0.05, 0.1) is 11.2 Å². The second kappa shape index (κ2) is 8.58. The Labute approximate surface area is 165 Å². The summed E-state index contributed by atoms with van der Waals surface area (Å²) in [6.07, 6.45) is 1.26. The number of para-hydroxylation sites is 1. The molecule has 0 aliphatic rings. The lowest BCUT2D eigenvalue weighted by Crippen LogP contribution is -2.17. The Balaban J connectivity index is 1.69. The number of halogens is 2. The van der Waals surface area contributed by atoms with Crippen LogP contribution in [0.15, 0.2) is 71.8 Å². The van der Waals surface area contributed by atoms with E-state index in [0.717, 1.165) is 0 Å². The molecule has 27 heavy (non-hydrogen) atoms. The lowest BCUT2D eigenvalue weighted by atomic mass is 10.2. The van der Waals surface area contributed by atoms with Crippen molar-refractivity contribution in [3.05, 3.63) is 87.9 Å². The van der Waals surface area contributed by atoms with E-state index in [9.17, 15) is 9.90 Å². The van der Waals surface area contributed by atoms with Gasteiger partial charge in [-0.2, -0.15) is 5.10 Å². The normalized spacial score (nSPS) is 10.7. The zero-order chi connectivity index (χ0) is 19.2. The van der Waals surface area contributed by atoms with Gasteiger partial charge in [0, 0.05) is 16.1 Å². The minimum atomic E-state index is -0.433. The van der Waals surface area contributed by atoms with Gasteiger partial charge >= 0.3 is 0 Å². The third kappa shape index (κ3) is 5.00. The first-order valence-corrected chi connectivity index (χ1v) is 8.63. The van der Waals surface area contributed by atoms with Gasteiger partial charge in [-0.15, -0.1) is 0 Å². The highest BCUT2D eigenvalue weighted by molar-refractivity contribution is 6.36. The Hall–Kier alpha value is -3.02. The number of nitrogens with one attached hydrogen (secondary N) is 1. The molecule has 0 saturated heterocycles. The summed E-state index contributed by atoms with van der Waals surface area (Å²) < 4.78 is 5.70. The van der Waals surface area contributed by atoms with Gasteiger partial charge in [-0.1, -0.05) is 47.5 Å². The highest BCUT2D eigenvalue weighted by atomic mass is 35.5. The fourth-order valence-corrected chi connectivity index (χ4v) is 2.74. The molecule has 136 valence electrons. The van der Waals surface area contributed by atoms with Crippen molar-refractivity contribution in [1.29, 1.82) is 0 Å². The van der Waals surface area contributed by atoms with Crippen molar-refractivity contribution in [2.24, 2.45) is 5.10 Å². The highest BCUT2D eigenvalue weighted by Crippen LogP contribution is 2.30. The highest BCUT2D eigenvalue weighted by Gasteiger charge is 2.08. The van der Waals surface area contributed by atoms with Crippen LogP contribution in [0, 0.1) is 0 Å². The molecule has 3 rings (SSSR count). The average Bonchev–Trinajstić information content (AvgIpc) is 2.66. The fraction of sp³-hybridized carbons (Fsp3) is 0. The van der Waals surface area contributed by atoms with E-state index in [4.69, 9.17) is 27.9 Å². The van der Waals surface area contributed by atoms with Crippen LogP contribution in [0.1, 0.15) is 15.9 Å². The predicted octanol–water partition coefficient (Wildman–Crippen LogP) is 5.26. The first kappa shape index (κ1) is 18.8. The van der Waals surface area contributed by atoms with Crippen molar-refractivity contribution >= 4 is 35.3 Å². The van der Waals surface area contributed by atoms with Gasteiger partial charge in [-0.25, -0.2) is 5.43 Å². The van der Waals surface area contributed by atoms with Gasteiger partial charge < -0.3 is 9.84 Å². The van der Waals surface area contributed by atoms with Crippen LogP contribution in [0.4, 0.5) is 0 Å². The predicted molar refractivity (Wildman–Crippen MR) is 106 cm³/mol. The molecule has 0 aliphatic heterocycles. The number of carbonyl (C=O) groups is 1. The van der Waals surface area contributed by atoms with Crippen LogP contribution >= 0.6 is 23.2 Å². The van der Waals surface area contributed by atoms with Crippen LogP contribution in [0.5, 0.6) is 17.2 Å². The zero-order valence-electron chi connectivity index (χ0n) is 13.9. The molecule has 0 radical (unpaired) electrons. The van der Waals surface area contributed by atoms with Gasteiger partial charge in [0.15, 0.2) is 0 Å². The van der Waals surface area contributed by atoms with Crippen LogP contribution in [-0.2, 0) is 0 Å². The number of ether oxygens (including phenoxy) is 1. The molecule has 3 aromatic carbocycles. The summed E-state index contributed by atoms with van der Waals surface area (Å²) in [5, 5.41) is 14.1. The lowest BCUT2D eigenvalue weighted by Gasteiger charge is -2.07. The first-order valence-electron chi connectivity index (χ1n) is 7.87. The van der Waals surface area contributed by atoms with E-state index in [-0.39, 0.29) is 16.3 Å². The number of nitrogens with zero attached hydrogens (tertiary/aromatic N) is 1. The molecule has 5 nitrogen and oxygen atoms in total. The SMILES string of the molecule is O=C(N/N=C/c1cc(Cl)cc(Cl)c1O)c1cccc(Oc2ccccc2)c1. The monoisotopic (exact) mass is 400 g/mol. The second-order valence-corrected chi connectivity index (χ2v) is 6.31. The third-order valence-electron chi connectivity index (χ3n) is 3.50. The number of benzene rings is 3. The first-order chi connectivity index (χ1) is 13.0. The number of rotatable bonds is 5. The van der Waals surface area contributed by atoms with Crippen LogP contribution < -0.4 is 10.2 Å². The van der Waals surface area contributed by atoms with E-state index in [0.29, 0.717) is 22.1 Å². The van der Waals surface area contributed by atoms with Gasteiger partial charge in [-0.05, 0) is 42.5 Å². The summed E-state index contributed by atoms with van der Waals surface area (Å²) in [4.78, 5) is 12.3. The van der Waals surface area contributed by atoms with E-state index in [1.165, 1.54) is 18.3 Å². The number of aromatic hydroxyl groups is 1. The number of phenolic OH excluding ortho intramolecular Hbond substituents is 1. The summed E-state index contributed by atoms with van der Waals surface area (Å²) in [6.45, 7) is 0. The topological polar surface area (TPSA) is 70.9 Å². The van der Waals surface area contributed by atoms with Crippen molar-refractivity contribution in [3.8, 4) is 17.2 Å². The van der Waals surface area contributed by atoms with Crippen LogP contribution in [0.3, 0.4) is 0 Å². The Morgan fingerprint density at radius 2 is 1.74 bits per heavy atom. The van der Waals surface area contributed by atoms with Crippen molar-refractivity contribution < 1.29 is 14.6 Å². The molecule has 0 bridgehead atoms. The maximum absolute atomic E-state index is 12.3. The maximum Gasteiger partial charge on any atom is 0.271 e. The number of amides is 1. The number of phenols is 1. The molecular formula is C20H14Cl2N2O3. The second-order valence-electron chi connectivity index (χ2n) is 5.47. The van der Waals surface area contributed by atoms with Crippen molar-refractivity contribution in [2.45, 2.75) is 0 Å². The quantitative estimate of drug-likeness (QED) is 0.453. The molecular weight excluding hydrogens is 387 g/mol. The van der Waals surface area contributed by atoms with E-state index in [1.807, 2.05) is 30.3 Å². The summed E-state index contributed by atoms with van der Waals surface area (Å²) in [6, 6.07) is 18.8. The summed E-state index contributed by atoms with van der Waals surface area (Å²) in [5.41, 5.74) is 3.04. The largest absolute Gasteiger partial charge is 0.506 e. The number of hydrogen-bond acceptors (Lipinski definition) is 4. The maximum atomic E-state index is 12.3. The summed E-state index contributed by atoms with van der Waals surface area (Å²) in [5.74, 6) is 0.591. The summed E-state index contributed by atoms with van der Waals surface area (Å²) >= 11 is 11.7. The number of carbonyl (C=O) groups excluding carboxylic acids is 1. The van der Waals surface area contributed by atoms with E-state index in [1.54, 1.807) is 24.3 Å². The molecule has 7 heteroatoms. The molecule has 0 aromatic heterocycles. The van der Waals surface area contributed by atoms with E-state index < -0.39 is 5.91 Å². The molecule has 0 unspecified atom stereocenters. The van der Waals surface area contributed by atoms with Gasteiger partial charge in [0.25, 0.3) is 5.91 Å². The molecule has 0 aliphatic carbocycles. The minimum Gasteiger partial charge on any atom is -0.506 e. The number of hydrogen-bond donors (Lipinski definition) is 2. The van der Waals surface area contributed by atoms with Crippen LogP contribution in [-0.4, -0.2) is 17.2 Å². The van der Waals surface area contributed by atoms with Crippen LogP contribution in [0.2, 0.25) is 10.0 Å². The van der Waals surface area contributed by atoms with Gasteiger partial charge in [-0.3, -0.25) is 4.79 Å². The molecule has 0 spiro atoms. The van der Waals surface area contributed by atoms with E-state index >= 15 is 0 Å². The third-order valence-corrected chi connectivity index (χ3v) is 4.01. The average molecular weight is 401 g/mol. The number of hydrazone groups is 1. The molecule has 0 fully saturated rings. The van der Waals surface area contributed by atoms with Gasteiger partial charge in [0.2, 0.25) is 0 Å². The van der Waals surface area contributed by atoms with E-state index in [2.05, 4.69) is 10.5 Å². The lowest BCUT2D eigenvalue weighted by molar-refractivity contribution is 0.0955. The Bertz CT molecular complexity index is 992. The Morgan fingerprint density at radius 1 is 1.00 bits per heavy atom. The van der Waals surface area contributed by atoms with Crippen molar-refractivity contribution in [3.63, 3.8) is 0 Å². The van der Waals surface area contributed by atoms with Gasteiger partial charge in [0.1, 0.15) is 17.2 Å². The zero-order valence-corrected chi connectivity index (χ0v) is 15.4. The Morgan fingerprint density at radius 3 is 2.52 bits per heavy atom. The molecule has 3 aromatic rings. The van der Waals surface area contributed by atoms with Crippen LogP contribution in [0.25, 0.3) is 0 Å². The molecule has 1 amide bonds. The van der Waals surface area contributed by atoms with Crippen molar-refractivity contribution in [2.75, 3.05) is 0 Å². The standard InChI is InChI=1S/C20H14Cl2N2O3/c21-15-9-14(19(25)18(22)11-15)12-23-24-20(26)13-5-4-8-17(10-13)27-16-6-2-1-3-7-16/h1-12,25H,(H,24,26)/b23-12+. The Kier molecular flexibility index (Phi) is 5.96. The fourth-order valence-electron chi connectivity index (χ4n) is 2.23. The molecule has 0 heterocycles.